The molecular weight excluding hydrogens is 416 g/mol. The number of pyridine rings is 1. The lowest BCUT2D eigenvalue weighted by Gasteiger charge is -2.43. The van der Waals surface area contributed by atoms with E-state index in [9.17, 15) is 4.79 Å². The third kappa shape index (κ3) is 4.01. The number of fused-ring (bicyclic) bond motifs is 1. The molecule has 2 saturated heterocycles. The van der Waals surface area contributed by atoms with E-state index in [2.05, 4.69) is 49.9 Å². The van der Waals surface area contributed by atoms with Crippen molar-refractivity contribution in [2.45, 2.75) is 44.7 Å². The number of aromatic amines is 1. The molecule has 8 nitrogen and oxygen atoms in total. The zero-order valence-corrected chi connectivity index (χ0v) is 19.2. The molecule has 0 radical (unpaired) electrons. The van der Waals surface area contributed by atoms with Crippen molar-refractivity contribution in [3.05, 3.63) is 36.3 Å². The Morgan fingerprint density at radius 2 is 2.00 bits per heavy atom. The molecule has 6 rings (SSSR count). The topological polar surface area (TPSA) is 77.1 Å². The number of carbonyl (C=O) groups is 1. The number of morpholine rings is 1. The first kappa shape index (κ1) is 20.7. The number of rotatable bonds is 3. The molecule has 4 aliphatic rings. The van der Waals surface area contributed by atoms with Crippen LogP contribution in [0.2, 0.25) is 0 Å². The first-order valence-electron chi connectivity index (χ1n) is 12.3. The Kier molecular flexibility index (Phi) is 5.32. The summed E-state index contributed by atoms with van der Waals surface area (Å²) in [6.45, 7) is 7.07. The first-order chi connectivity index (χ1) is 16.2. The van der Waals surface area contributed by atoms with Crippen LogP contribution in [0, 0.1) is 5.92 Å². The summed E-state index contributed by atoms with van der Waals surface area (Å²) in [5.41, 5.74) is 2.97. The van der Waals surface area contributed by atoms with Crippen molar-refractivity contribution in [2.24, 2.45) is 10.9 Å². The van der Waals surface area contributed by atoms with Gasteiger partial charge in [0.1, 0.15) is 11.5 Å². The van der Waals surface area contributed by atoms with Crippen LogP contribution in [0.15, 0.2) is 35.7 Å². The van der Waals surface area contributed by atoms with Crippen LogP contribution >= 0.6 is 0 Å². The maximum Gasteiger partial charge on any atom is 0.225 e. The highest BCUT2D eigenvalue weighted by Crippen LogP contribution is 2.33. The highest BCUT2D eigenvalue weighted by molar-refractivity contribution is 5.96. The molecule has 2 aromatic heterocycles. The minimum absolute atomic E-state index is 0.306. The molecule has 0 unspecified atom stereocenters. The van der Waals surface area contributed by atoms with E-state index in [1.165, 1.54) is 0 Å². The molecule has 1 aliphatic carbocycles. The molecule has 0 aromatic carbocycles. The molecule has 3 aliphatic heterocycles. The summed E-state index contributed by atoms with van der Waals surface area (Å²) in [6, 6.07) is 4.85. The minimum atomic E-state index is 0.306. The van der Waals surface area contributed by atoms with Gasteiger partial charge >= 0.3 is 0 Å². The van der Waals surface area contributed by atoms with Crippen molar-refractivity contribution in [2.75, 3.05) is 39.4 Å². The first-order valence-corrected chi connectivity index (χ1v) is 12.3. The number of aliphatic imine (C=N–C) groups is 1. The highest BCUT2D eigenvalue weighted by atomic mass is 16.5. The van der Waals surface area contributed by atoms with Gasteiger partial charge in [0.15, 0.2) is 0 Å². The van der Waals surface area contributed by atoms with E-state index in [1.54, 1.807) is 0 Å². The molecule has 0 bridgehead atoms. The predicted molar refractivity (Wildman–Crippen MR) is 128 cm³/mol. The Bertz CT molecular complexity index is 1100. The monoisotopic (exact) mass is 448 g/mol. The van der Waals surface area contributed by atoms with E-state index in [4.69, 9.17) is 9.73 Å². The largest absolute Gasteiger partial charge is 0.377 e. The molecule has 2 aromatic rings. The number of nitrogens with zero attached hydrogens (tertiary/aromatic N) is 5. The smallest absolute Gasteiger partial charge is 0.225 e. The molecule has 174 valence electrons. The van der Waals surface area contributed by atoms with Crippen LogP contribution in [-0.4, -0.2) is 87.9 Å². The molecule has 1 atom stereocenters. The second kappa shape index (κ2) is 8.48. The van der Waals surface area contributed by atoms with E-state index in [1.807, 2.05) is 12.4 Å². The van der Waals surface area contributed by atoms with Crippen LogP contribution in [0.4, 0.5) is 0 Å². The SMILES string of the molecule is C[C@@H]1COCCN1C1=NC(c2ccnc3[nH]ccc23)=CN(C2CCN(C(=O)C3CC3)CC2)C1. The maximum atomic E-state index is 12.5. The van der Waals surface area contributed by atoms with E-state index in [0.29, 0.717) is 23.9 Å². The number of hydrogen-bond acceptors (Lipinski definition) is 6. The number of likely N-dealkylation sites (tertiary alicyclic amines) is 1. The third-order valence-corrected chi connectivity index (χ3v) is 7.47. The number of H-pyrrole nitrogens is 1. The highest BCUT2D eigenvalue weighted by Gasteiger charge is 2.36. The number of piperidine rings is 1. The number of aromatic nitrogens is 2. The van der Waals surface area contributed by atoms with Crippen molar-refractivity contribution in [1.29, 1.82) is 0 Å². The molecule has 5 heterocycles. The summed E-state index contributed by atoms with van der Waals surface area (Å²) in [4.78, 5) is 32.4. The Labute approximate surface area is 194 Å². The molecule has 0 spiro atoms. The average Bonchev–Trinajstić information content (AvgIpc) is 3.60. The van der Waals surface area contributed by atoms with Gasteiger partial charge in [-0.25, -0.2) is 9.98 Å². The number of ether oxygens (including phenoxy) is 1. The fourth-order valence-electron chi connectivity index (χ4n) is 5.39. The lowest BCUT2D eigenvalue weighted by molar-refractivity contribution is -0.134. The molecular formula is C25H32N6O2. The van der Waals surface area contributed by atoms with E-state index >= 15 is 0 Å². The number of carbonyl (C=O) groups excluding carboxylic acids is 1. The third-order valence-electron chi connectivity index (χ3n) is 7.47. The Hall–Kier alpha value is -2.87. The van der Waals surface area contributed by atoms with Gasteiger partial charge in [0.05, 0.1) is 31.5 Å². The van der Waals surface area contributed by atoms with Crippen LogP contribution < -0.4 is 0 Å². The Morgan fingerprint density at radius 3 is 2.79 bits per heavy atom. The van der Waals surface area contributed by atoms with Crippen molar-refractivity contribution in [3.63, 3.8) is 0 Å². The van der Waals surface area contributed by atoms with E-state index < -0.39 is 0 Å². The fraction of sp³-hybridized carbons (Fsp3) is 0.560. The second-order valence-corrected chi connectivity index (χ2v) is 9.76. The van der Waals surface area contributed by atoms with Crippen LogP contribution in [-0.2, 0) is 9.53 Å². The zero-order chi connectivity index (χ0) is 22.4. The fourth-order valence-corrected chi connectivity index (χ4v) is 5.39. The maximum absolute atomic E-state index is 12.5. The Morgan fingerprint density at radius 1 is 1.15 bits per heavy atom. The summed E-state index contributed by atoms with van der Waals surface area (Å²) in [6.07, 6.45) is 10.2. The van der Waals surface area contributed by atoms with Gasteiger partial charge in [0.25, 0.3) is 0 Å². The normalized spacial score (nSPS) is 24.8. The van der Waals surface area contributed by atoms with Crippen molar-refractivity contribution < 1.29 is 9.53 Å². The Balaban J connectivity index is 1.29. The van der Waals surface area contributed by atoms with Gasteiger partial charge in [-0.3, -0.25) is 4.79 Å². The van der Waals surface area contributed by atoms with Crippen LogP contribution in [0.25, 0.3) is 16.7 Å². The van der Waals surface area contributed by atoms with Crippen molar-refractivity contribution >= 4 is 28.5 Å². The molecule has 33 heavy (non-hydrogen) atoms. The number of amides is 1. The van der Waals surface area contributed by atoms with Gasteiger partial charge in [0, 0.05) is 61.1 Å². The summed E-state index contributed by atoms with van der Waals surface area (Å²) >= 11 is 0. The van der Waals surface area contributed by atoms with Crippen LogP contribution in [0.5, 0.6) is 0 Å². The molecule has 8 heteroatoms. The van der Waals surface area contributed by atoms with Gasteiger partial charge in [-0.2, -0.15) is 0 Å². The summed E-state index contributed by atoms with van der Waals surface area (Å²) in [7, 11) is 0. The summed E-state index contributed by atoms with van der Waals surface area (Å²) in [5, 5.41) is 1.09. The van der Waals surface area contributed by atoms with Gasteiger partial charge < -0.3 is 24.4 Å². The minimum Gasteiger partial charge on any atom is -0.377 e. The van der Waals surface area contributed by atoms with Crippen LogP contribution in [0.1, 0.15) is 38.2 Å². The molecule has 1 amide bonds. The molecule has 3 fully saturated rings. The van der Waals surface area contributed by atoms with Crippen molar-refractivity contribution in [3.8, 4) is 0 Å². The van der Waals surface area contributed by atoms with Gasteiger partial charge in [-0.15, -0.1) is 0 Å². The molecule has 1 saturated carbocycles. The zero-order valence-electron chi connectivity index (χ0n) is 19.2. The number of amidine groups is 1. The van der Waals surface area contributed by atoms with E-state index in [0.717, 1.165) is 93.2 Å². The standard InChI is InChI=1S/C25H32N6O2/c1-17-16-33-13-12-31(17)23-15-30(19-6-10-29(11-7-19)25(32)18-2-3-18)14-22(28-23)20-4-8-26-24-21(20)5-9-27-24/h4-5,8-9,14,17-19H,2-3,6-7,10-13,15-16H2,1H3,(H,26,27)/t17-/m1/s1. The second-order valence-electron chi connectivity index (χ2n) is 9.76. The lowest BCUT2D eigenvalue weighted by Crippen LogP contribution is -2.53. The lowest BCUT2D eigenvalue weighted by atomic mass is 10.0. The van der Waals surface area contributed by atoms with Crippen molar-refractivity contribution in [1.82, 2.24) is 24.7 Å². The molecule has 1 N–H and O–H groups in total. The van der Waals surface area contributed by atoms with E-state index in [-0.39, 0.29) is 0 Å². The average molecular weight is 449 g/mol. The number of hydrogen-bond donors (Lipinski definition) is 1. The van der Waals surface area contributed by atoms with Gasteiger partial charge in [-0.1, -0.05) is 0 Å². The predicted octanol–water partition coefficient (Wildman–Crippen LogP) is 2.70. The van der Waals surface area contributed by atoms with Gasteiger partial charge in [0.2, 0.25) is 5.91 Å². The van der Waals surface area contributed by atoms with Crippen LogP contribution in [0.3, 0.4) is 0 Å². The summed E-state index contributed by atoms with van der Waals surface area (Å²) in [5.74, 6) is 1.79. The van der Waals surface area contributed by atoms with Gasteiger partial charge in [-0.05, 0) is 44.7 Å². The summed E-state index contributed by atoms with van der Waals surface area (Å²) < 4.78 is 5.69. The quantitative estimate of drug-likeness (QED) is 0.781. The number of nitrogens with one attached hydrogen (secondary N) is 1.